The van der Waals surface area contributed by atoms with Crippen LogP contribution in [0.5, 0.6) is 5.75 Å². The maximum Gasteiger partial charge on any atom is 0.255 e. The van der Waals surface area contributed by atoms with Crippen LogP contribution in [0.4, 0.5) is 4.39 Å². The standard InChI is InChI=1S/C15H22FNO3/c1-3-4-9-20-10-5-8-17-15(18)13-11-12(16)6-7-14(13)19-2/h6-7,11H,3-5,8-10H2,1-2H3,(H,17,18). The van der Waals surface area contributed by atoms with Crippen LogP contribution in [0.2, 0.25) is 0 Å². The zero-order chi connectivity index (χ0) is 14.8. The first-order valence-electron chi connectivity index (χ1n) is 6.88. The summed E-state index contributed by atoms with van der Waals surface area (Å²) >= 11 is 0. The van der Waals surface area contributed by atoms with Gasteiger partial charge in [0, 0.05) is 19.8 Å². The highest BCUT2D eigenvalue weighted by atomic mass is 19.1. The van der Waals surface area contributed by atoms with Gasteiger partial charge in [-0.2, -0.15) is 0 Å². The highest BCUT2D eigenvalue weighted by Crippen LogP contribution is 2.18. The Balaban J connectivity index is 2.34. The molecule has 0 fully saturated rings. The van der Waals surface area contributed by atoms with Crippen molar-refractivity contribution in [2.24, 2.45) is 0 Å². The first kappa shape index (κ1) is 16.4. The number of rotatable bonds is 9. The molecule has 0 saturated heterocycles. The van der Waals surface area contributed by atoms with Crippen LogP contribution in [0, 0.1) is 5.82 Å². The number of hydrogen-bond acceptors (Lipinski definition) is 3. The fraction of sp³-hybridized carbons (Fsp3) is 0.533. The zero-order valence-electron chi connectivity index (χ0n) is 12.1. The van der Waals surface area contributed by atoms with E-state index in [1.807, 2.05) is 0 Å². The van der Waals surface area contributed by atoms with Crippen LogP contribution in [-0.2, 0) is 4.74 Å². The number of amides is 1. The summed E-state index contributed by atoms with van der Waals surface area (Å²) in [6.07, 6.45) is 2.88. The van der Waals surface area contributed by atoms with Gasteiger partial charge in [0.2, 0.25) is 0 Å². The summed E-state index contributed by atoms with van der Waals surface area (Å²) in [4.78, 5) is 11.9. The van der Waals surface area contributed by atoms with Crippen LogP contribution in [0.25, 0.3) is 0 Å². The van der Waals surface area contributed by atoms with Crippen LogP contribution in [0.3, 0.4) is 0 Å². The quantitative estimate of drug-likeness (QED) is 0.709. The Kier molecular flexibility index (Phi) is 7.65. The van der Waals surface area contributed by atoms with Gasteiger partial charge in [0.05, 0.1) is 12.7 Å². The maximum atomic E-state index is 13.1. The number of nitrogens with one attached hydrogen (secondary N) is 1. The van der Waals surface area contributed by atoms with Gasteiger partial charge in [-0.25, -0.2) is 4.39 Å². The molecule has 1 aromatic rings. The van der Waals surface area contributed by atoms with Crippen molar-refractivity contribution in [3.8, 4) is 5.75 Å². The van der Waals surface area contributed by atoms with Gasteiger partial charge in [-0.05, 0) is 31.0 Å². The average molecular weight is 283 g/mol. The number of unbranched alkanes of at least 4 members (excludes halogenated alkanes) is 1. The molecular formula is C15H22FNO3. The Bertz CT molecular complexity index is 424. The van der Waals surface area contributed by atoms with Gasteiger partial charge < -0.3 is 14.8 Å². The van der Waals surface area contributed by atoms with Crippen LogP contribution in [-0.4, -0.2) is 32.8 Å². The molecule has 0 spiro atoms. The van der Waals surface area contributed by atoms with Crippen molar-refractivity contribution in [1.29, 1.82) is 0 Å². The highest BCUT2D eigenvalue weighted by molar-refractivity contribution is 5.96. The Hall–Kier alpha value is -1.62. The van der Waals surface area contributed by atoms with E-state index in [4.69, 9.17) is 9.47 Å². The molecule has 0 aliphatic carbocycles. The zero-order valence-corrected chi connectivity index (χ0v) is 12.1. The minimum atomic E-state index is -0.459. The summed E-state index contributed by atoms with van der Waals surface area (Å²) in [7, 11) is 1.45. The lowest BCUT2D eigenvalue weighted by Gasteiger charge is -2.09. The normalized spacial score (nSPS) is 10.3. The molecule has 1 N–H and O–H groups in total. The van der Waals surface area contributed by atoms with E-state index < -0.39 is 5.82 Å². The van der Waals surface area contributed by atoms with E-state index in [2.05, 4.69) is 12.2 Å². The van der Waals surface area contributed by atoms with E-state index in [1.54, 1.807) is 0 Å². The summed E-state index contributed by atoms with van der Waals surface area (Å²) in [6, 6.07) is 3.88. The Labute approximate surface area is 119 Å². The van der Waals surface area contributed by atoms with Gasteiger partial charge in [-0.15, -0.1) is 0 Å². The molecule has 1 rings (SSSR count). The Morgan fingerprint density at radius 3 is 2.75 bits per heavy atom. The van der Waals surface area contributed by atoms with Crippen LogP contribution in [0.15, 0.2) is 18.2 Å². The number of carbonyl (C=O) groups is 1. The average Bonchev–Trinajstić information content (AvgIpc) is 2.46. The van der Waals surface area contributed by atoms with Gasteiger partial charge in [0.25, 0.3) is 5.91 Å². The molecule has 0 atom stereocenters. The molecule has 0 unspecified atom stereocenters. The minimum Gasteiger partial charge on any atom is -0.496 e. The second-order valence-corrected chi connectivity index (χ2v) is 4.42. The molecule has 1 amide bonds. The number of benzene rings is 1. The fourth-order valence-electron chi connectivity index (χ4n) is 1.68. The first-order chi connectivity index (χ1) is 9.69. The van der Waals surface area contributed by atoms with E-state index in [-0.39, 0.29) is 11.5 Å². The Morgan fingerprint density at radius 2 is 2.05 bits per heavy atom. The predicted molar refractivity (Wildman–Crippen MR) is 75.6 cm³/mol. The smallest absolute Gasteiger partial charge is 0.255 e. The number of hydrogen-bond donors (Lipinski definition) is 1. The predicted octanol–water partition coefficient (Wildman–Crippen LogP) is 2.77. The lowest BCUT2D eigenvalue weighted by molar-refractivity contribution is 0.0937. The third kappa shape index (κ3) is 5.57. The summed E-state index contributed by atoms with van der Waals surface area (Å²) < 4.78 is 23.6. The Morgan fingerprint density at radius 1 is 1.30 bits per heavy atom. The minimum absolute atomic E-state index is 0.208. The molecule has 5 heteroatoms. The number of carbonyl (C=O) groups excluding carboxylic acids is 1. The van der Waals surface area contributed by atoms with Crippen molar-refractivity contribution in [2.75, 3.05) is 26.9 Å². The third-order valence-corrected chi connectivity index (χ3v) is 2.80. The molecule has 0 aliphatic heterocycles. The van der Waals surface area contributed by atoms with E-state index in [1.165, 1.54) is 25.3 Å². The van der Waals surface area contributed by atoms with Gasteiger partial charge >= 0.3 is 0 Å². The topological polar surface area (TPSA) is 47.6 Å². The third-order valence-electron chi connectivity index (χ3n) is 2.80. The molecule has 0 saturated carbocycles. The van der Waals surface area contributed by atoms with E-state index in [0.29, 0.717) is 18.9 Å². The summed E-state index contributed by atoms with van der Waals surface area (Å²) in [5.74, 6) is -0.433. The monoisotopic (exact) mass is 283 g/mol. The van der Waals surface area contributed by atoms with E-state index in [9.17, 15) is 9.18 Å². The molecule has 0 heterocycles. The lowest BCUT2D eigenvalue weighted by Crippen LogP contribution is -2.25. The lowest BCUT2D eigenvalue weighted by atomic mass is 10.2. The van der Waals surface area contributed by atoms with Crippen molar-refractivity contribution in [1.82, 2.24) is 5.32 Å². The molecular weight excluding hydrogens is 261 g/mol. The summed E-state index contributed by atoms with van der Waals surface area (Å²) in [6.45, 7) is 3.96. The highest BCUT2D eigenvalue weighted by Gasteiger charge is 2.12. The van der Waals surface area contributed by atoms with E-state index >= 15 is 0 Å². The SMILES string of the molecule is CCCCOCCCNC(=O)c1cc(F)ccc1OC. The van der Waals surface area contributed by atoms with Crippen molar-refractivity contribution < 1.29 is 18.7 Å². The van der Waals surface area contributed by atoms with Gasteiger partial charge in [0.15, 0.2) is 0 Å². The largest absolute Gasteiger partial charge is 0.496 e. The van der Waals surface area contributed by atoms with E-state index in [0.717, 1.165) is 25.9 Å². The van der Waals surface area contributed by atoms with Crippen molar-refractivity contribution >= 4 is 5.91 Å². The first-order valence-corrected chi connectivity index (χ1v) is 6.88. The fourth-order valence-corrected chi connectivity index (χ4v) is 1.68. The number of halogens is 1. The molecule has 0 aromatic heterocycles. The van der Waals surface area contributed by atoms with Crippen LogP contribution < -0.4 is 10.1 Å². The molecule has 0 aliphatic rings. The molecule has 4 nitrogen and oxygen atoms in total. The number of ether oxygens (including phenoxy) is 2. The summed E-state index contributed by atoms with van der Waals surface area (Å²) in [5.41, 5.74) is 0.208. The van der Waals surface area contributed by atoms with Crippen LogP contribution in [0.1, 0.15) is 36.5 Å². The molecule has 112 valence electrons. The second kappa shape index (κ2) is 9.31. The molecule has 20 heavy (non-hydrogen) atoms. The van der Waals surface area contributed by atoms with Gasteiger partial charge in [-0.1, -0.05) is 13.3 Å². The molecule has 0 radical (unpaired) electrons. The van der Waals surface area contributed by atoms with Crippen molar-refractivity contribution in [2.45, 2.75) is 26.2 Å². The molecule has 0 bridgehead atoms. The van der Waals surface area contributed by atoms with Gasteiger partial charge in [0.1, 0.15) is 11.6 Å². The van der Waals surface area contributed by atoms with Gasteiger partial charge in [-0.3, -0.25) is 4.79 Å². The van der Waals surface area contributed by atoms with Crippen molar-refractivity contribution in [3.63, 3.8) is 0 Å². The van der Waals surface area contributed by atoms with Crippen LogP contribution >= 0.6 is 0 Å². The number of methoxy groups -OCH3 is 1. The maximum absolute atomic E-state index is 13.1. The van der Waals surface area contributed by atoms with Crippen molar-refractivity contribution in [3.05, 3.63) is 29.6 Å². The second-order valence-electron chi connectivity index (χ2n) is 4.42. The molecule has 1 aromatic carbocycles. The summed E-state index contributed by atoms with van der Waals surface area (Å²) in [5, 5.41) is 2.73.